The minimum atomic E-state index is 0.560. The first kappa shape index (κ1) is 10.7. The molecular formula is C13H20N2. The number of rotatable bonds is 2. The highest BCUT2D eigenvalue weighted by Gasteiger charge is 2.21. The highest BCUT2D eigenvalue weighted by molar-refractivity contribution is 5.24. The van der Waals surface area contributed by atoms with Crippen molar-refractivity contribution < 1.29 is 0 Å². The van der Waals surface area contributed by atoms with Crippen LogP contribution in [0.15, 0.2) is 24.3 Å². The minimum absolute atomic E-state index is 0.560. The standard InChI is InChI=1S/C13H20N2/c1-3-15-9-8-14-10-13(15)12-6-4-11(2)5-7-12/h4-7,13-14H,3,8-10H2,1-2H3. The van der Waals surface area contributed by atoms with Gasteiger partial charge in [0.05, 0.1) is 0 Å². The second-order valence-electron chi connectivity index (χ2n) is 4.26. The van der Waals surface area contributed by atoms with Gasteiger partial charge in [-0.15, -0.1) is 0 Å². The number of nitrogens with one attached hydrogen (secondary N) is 1. The van der Waals surface area contributed by atoms with Crippen LogP contribution < -0.4 is 5.32 Å². The lowest BCUT2D eigenvalue weighted by atomic mass is 10.0. The molecule has 1 aliphatic heterocycles. The monoisotopic (exact) mass is 204 g/mol. The third-order valence-corrected chi connectivity index (χ3v) is 3.22. The van der Waals surface area contributed by atoms with Gasteiger partial charge in [-0.2, -0.15) is 0 Å². The molecule has 82 valence electrons. The summed E-state index contributed by atoms with van der Waals surface area (Å²) in [4.78, 5) is 2.54. The fourth-order valence-electron chi connectivity index (χ4n) is 2.24. The van der Waals surface area contributed by atoms with Crippen LogP contribution >= 0.6 is 0 Å². The van der Waals surface area contributed by atoms with Gasteiger partial charge in [-0.3, -0.25) is 4.90 Å². The summed E-state index contributed by atoms with van der Waals surface area (Å²) in [7, 11) is 0. The molecule has 1 N–H and O–H groups in total. The quantitative estimate of drug-likeness (QED) is 0.792. The average Bonchev–Trinajstić information content (AvgIpc) is 2.30. The Kier molecular flexibility index (Phi) is 3.39. The van der Waals surface area contributed by atoms with Gasteiger partial charge in [0, 0.05) is 25.7 Å². The van der Waals surface area contributed by atoms with Gasteiger partial charge in [0.25, 0.3) is 0 Å². The molecule has 0 amide bonds. The van der Waals surface area contributed by atoms with E-state index in [1.54, 1.807) is 0 Å². The first-order valence-corrected chi connectivity index (χ1v) is 5.82. The summed E-state index contributed by atoms with van der Waals surface area (Å²) >= 11 is 0. The predicted octanol–water partition coefficient (Wildman–Crippen LogP) is 1.96. The van der Waals surface area contributed by atoms with Crippen LogP contribution in [-0.2, 0) is 0 Å². The van der Waals surface area contributed by atoms with Gasteiger partial charge in [-0.25, -0.2) is 0 Å². The van der Waals surface area contributed by atoms with Crippen molar-refractivity contribution in [3.8, 4) is 0 Å². The molecular weight excluding hydrogens is 184 g/mol. The van der Waals surface area contributed by atoms with Crippen molar-refractivity contribution in [2.24, 2.45) is 0 Å². The van der Waals surface area contributed by atoms with E-state index in [-0.39, 0.29) is 0 Å². The van der Waals surface area contributed by atoms with Crippen LogP contribution in [0.1, 0.15) is 24.1 Å². The van der Waals surface area contributed by atoms with E-state index in [9.17, 15) is 0 Å². The Morgan fingerprint density at radius 3 is 2.73 bits per heavy atom. The first-order valence-electron chi connectivity index (χ1n) is 5.82. The van der Waals surface area contributed by atoms with E-state index in [1.165, 1.54) is 11.1 Å². The van der Waals surface area contributed by atoms with E-state index in [0.29, 0.717) is 6.04 Å². The lowest BCUT2D eigenvalue weighted by Crippen LogP contribution is -2.45. The molecule has 15 heavy (non-hydrogen) atoms. The van der Waals surface area contributed by atoms with Crippen LogP contribution in [0.2, 0.25) is 0 Å². The number of hydrogen-bond acceptors (Lipinski definition) is 2. The number of nitrogens with zero attached hydrogens (tertiary/aromatic N) is 1. The average molecular weight is 204 g/mol. The van der Waals surface area contributed by atoms with Crippen molar-refractivity contribution in [1.82, 2.24) is 10.2 Å². The number of piperazine rings is 1. The topological polar surface area (TPSA) is 15.3 Å². The second-order valence-corrected chi connectivity index (χ2v) is 4.26. The Labute approximate surface area is 92.3 Å². The second kappa shape index (κ2) is 4.77. The fourth-order valence-corrected chi connectivity index (χ4v) is 2.24. The molecule has 1 unspecified atom stereocenters. The number of aryl methyl sites for hydroxylation is 1. The van der Waals surface area contributed by atoms with Crippen LogP contribution in [0.25, 0.3) is 0 Å². The lowest BCUT2D eigenvalue weighted by molar-refractivity contribution is 0.171. The summed E-state index contributed by atoms with van der Waals surface area (Å²) in [6, 6.07) is 9.49. The zero-order valence-corrected chi connectivity index (χ0v) is 9.66. The molecule has 1 aromatic carbocycles. The number of likely N-dealkylation sites (N-methyl/N-ethyl adjacent to an activating group) is 1. The van der Waals surface area contributed by atoms with Crippen molar-refractivity contribution in [1.29, 1.82) is 0 Å². The third-order valence-electron chi connectivity index (χ3n) is 3.22. The highest BCUT2D eigenvalue weighted by Crippen LogP contribution is 2.21. The van der Waals surface area contributed by atoms with E-state index in [4.69, 9.17) is 0 Å². The Morgan fingerprint density at radius 2 is 2.07 bits per heavy atom. The molecule has 0 aromatic heterocycles. The van der Waals surface area contributed by atoms with Gasteiger partial charge in [0.1, 0.15) is 0 Å². The predicted molar refractivity (Wildman–Crippen MR) is 64.0 cm³/mol. The molecule has 1 atom stereocenters. The molecule has 0 aliphatic carbocycles. The number of hydrogen-bond donors (Lipinski definition) is 1. The summed E-state index contributed by atoms with van der Waals surface area (Å²) in [5.74, 6) is 0. The van der Waals surface area contributed by atoms with Crippen LogP contribution in [-0.4, -0.2) is 31.1 Å². The fraction of sp³-hybridized carbons (Fsp3) is 0.538. The van der Waals surface area contributed by atoms with Crippen LogP contribution in [0, 0.1) is 6.92 Å². The third kappa shape index (κ3) is 2.39. The molecule has 0 spiro atoms. The van der Waals surface area contributed by atoms with Crippen molar-refractivity contribution in [2.45, 2.75) is 19.9 Å². The van der Waals surface area contributed by atoms with Crippen LogP contribution in [0.3, 0.4) is 0 Å². The Hall–Kier alpha value is -0.860. The maximum Gasteiger partial charge on any atom is 0.0473 e. The maximum atomic E-state index is 3.47. The van der Waals surface area contributed by atoms with E-state index >= 15 is 0 Å². The smallest absolute Gasteiger partial charge is 0.0473 e. The van der Waals surface area contributed by atoms with E-state index in [0.717, 1.165) is 26.2 Å². The van der Waals surface area contributed by atoms with Crippen molar-refractivity contribution in [3.63, 3.8) is 0 Å². The van der Waals surface area contributed by atoms with Gasteiger partial charge in [0.2, 0.25) is 0 Å². The van der Waals surface area contributed by atoms with E-state index in [2.05, 4.69) is 48.3 Å². The maximum absolute atomic E-state index is 3.47. The molecule has 2 rings (SSSR count). The Balaban J connectivity index is 2.16. The number of benzene rings is 1. The molecule has 0 saturated carbocycles. The summed E-state index contributed by atoms with van der Waals surface area (Å²) < 4.78 is 0. The van der Waals surface area contributed by atoms with Gasteiger partial charge in [-0.05, 0) is 19.0 Å². The largest absolute Gasteiger partial charge is 0.314 e. The molecule has 1 aromatic rings. The molecule has 2 heteroatoms. The van der Waals surface area contributed by atoms with Crippen molar-refractivity contribution >= 4 is 0 Å². The summed E-state index contributed by atoms with van der Waals surface area (Å²) in [6.07, 6.45) is 0. The van der Waals surface area contributed by atoms with Crippen LogP contribution in [0.4, 0.5) is 0 Å². The van der Waals surface area contributed by atoms with Crippen LogP contribution in [0.5, 0.6) is 0 Å². The molecule has 1 saturated heterocycles. The van der Waals surface area contributed by atoms with Gasteiger partial charge in [-0.1, -0.05) is 36.8 Å². The van der Waals surface area contributed by atoms with Crippen molar-refractivity contribution in [2.75, 3.05) is 26.2 Å². The molecule has 2 nitrogen and oxygen atoms in total. The summed E-state index contributed by atoms with van der Waals surface area (Å²) in [6.45, 7) is 8.88. The first-order chi connectivity index (χ1) is 7.31. The normalized spacial score (nSPS) is 22.9. The molecule has 1 heterocycles. The van der Waals surface area contributed by atoms with Gasteiger partial charge < -0.3 is 5.32 Å². The Morgan fingerprint density at radius 1 is 1.33 bits per heavy atom. The molecule has 0 bridgehead atoms. The molecule has 0 radical (unpaired) electrons. The molecule has 1 fully saturated rings. The zero-order chi connectivity index (χ0) is 10.7. The Bertz CT molecular complexity index is 305. The molecule has 1 aliphatic rings. The zero-order valence-electron chi connectivity index (χ0n) is 9.66. The van der Waals surface area contributed by atoms with Gasteiger partial charge >= 0.3 is 0 Å². The SMILES string of the molecule is CCN1CCNCC1c1ccc(C)cc1. The summed E-state index contributed by atoms with van der Waals surface area (Å²) in [5.41, 5.74) is 2.78. The van der Waals surface area contributed by atoms with Gasteiger partial charge in [0.15, 0.2) is 0 Å². The summed E-state index contributed by atoms with van der Waals surface area (Å²) in [5, 5.41) is 3.47. The lowest BCUT2D eigenvalue weighted by Gasteiger charge is -2.35. The van der Waals surface area contributed by atoms with E-state index < -0.39 is 0 Å². The minimum Gasteiger partial charge on any atom is -0.314 e. The van der Waals surface area contributed by atoms with Crippen molar-refractivity contribution in [3.05, 3.63) is 35.4 Å². The highest BCUT2D eigenvalue weighted by atomic mass is 15.2. The van der Waals surface area contributed by atoms with E-state index in [1.807, 2.05) is 0 Å².